The zero-order valence-corrected chi connectivity index (χ0v) is 10.4. The summed E-state index contributed by atoms with van der Waals surface area (Å²) in [7, 11) is 0. The molecular weight excluding hydrogens is 259 g/mol. The van der Waals surface area contributed by atoms with Gasteiger partial charge in [-0.15, -0.1) is 0 Å². The van der Waals surface area contributed by atoms with E-state index in [4.69, 9.17) is 0 Å². The van der Waals surface area contributed by atoms with Gasteiger partial charge in [-0.05, 0) is 6.07 Å². The normalized spacial score (nSPS) is 17.6. The molecule has 0 spiro atoms. The summed E-state index contributed by atoms with van der Waals surface area (Å²) in [5, 5.41) is 3.17. The molecule has 0 saturated carbocycles. The van der Waals surface area contributed by atoms with Crippen LogP contribution in [0.3, 0.4) is 0 Å². The minimum atomic E-state index is -4.50. The van der Waals surface area contributed by atoms with E-state index in [2.05, 4.69) is 10.2 Å². The van der Waals surface area contributed by atoms with Crippen LogP contribution in [0.1, 0.15) is 5.69 Å². The summed E-state index contributed by atoms with van der Waals surface area (Å²) in [5.41, 5.74) is -1.49. The molecule has 1 fully saturated rings. The predicted molar refractivity (Wildman–Crippen MR) is 65.0 cm³/mol. The molecular formula is C12H16F3N3O. The minimum absolute atomic E-state index is 0.0640. The molecule has 1 aliphatic heterocycles. The van der Waals surface area contributed by atoms with Gasteiger partial charge in [0.15, 0.2) is 0 Å². The van der Waals surface area contributed by atoms with Gasteiger partial charge in [0.2, 0.25) is 0 Å². The highest BCUT2D eigenvalue weighted by Crippen LogP contribution is 2.27. The van der Waals surface area contributed by atoms with Gasteiger partial charge in [0.1, 0.15) is 5.69 Å². The van der Waals surface area contributed by atoms with Crippen LogP contribution in [0.2, 0.25) is 0 Å². The Labute approximate surface area is 108 Å². The number of hydrogen-bond acceptors (Lipinski definition) is 3. The number of halogens is 3. The Morgan fingerprint density at radius 1 is 1.16 bits per heavy atom. The monoisotopic (exact) mass is 275 g/mol. The second-order valence-electron chi connectivity index (χ2n) is 4.49. The van der Waals surface area contributed by atoms with Crippen molar-refractivity contribution in [2.45, 2.75) is 12.7 Å². The van der Waals surface area contributed by atoms with E-state index in [1.165, 1.54) is 0 Å². The van der Waals surface area contributed by atoms with Gasteiger partial charge < -0.3 is 9.88 Å². The summed E-state index contributed by atoms with van der Waals surface area (Å²) >= 11 is 0. The number of alkyl halides is 3. The molecule has 1 aliphatic rings. The third-order valence-corrected chi connectivity index (χ3v) is 3.19. The summed E-state index contributed by atoms with van der Waals surface area (Å²) in [6.07, 6.45) is -4.50. The van der Waals surface area contributed by atoms with Gasteiger partial charge in [-0.1, -0.05) is 6.07 Å². The van der Waals surface area contributed by atoms with Crippen LogP contribution in [0.4, 0.5) is 13.2 Å². The molecule has 7 heteroatoms. The van der Waals surface area contributed by atoms with Crippen LogP contribution in [-0.4, -0.2) is 42.2 Å². The van der Waals surface area contributed by atoms with Crippen LogP contribution < -0.4 is 10.9 Å². The molecule has 4 nitrogen and oxygen atoms in total. The summed E-state index contributed by atoms with van der Waals surface area (Å²) in [4.78, 5) is 13.6. The molecule has 0 bridgehead atoms. The molecule has 0 radical (unpaired) electrons. The SMILES string of the molecule is O=c1cccc(C(F)(F)F)n1CCN1CCNCC1. The third-order valence-electron chi connectivity index (χ3n) is 3.19. The van der Waals surface area contributed by atoms with Crippen molar-refractivity contribution in [2.75, 3.05) is 32.7 Å². The Kier molecular flexibility index (Phi) is 4.26. The van der Waals surface area contributed by atoms with Crippen LogP contribution in [-0.2, 0) is 12.7 Å². The lowest BCUT2D eigenvalue weighted by Gasteiger charge is -2.27. The maximum absolute atomic E-state index is 12.8. The summed E-state index contributed by atoms with van der Waals surface area (Å²) in [6.45, 7) is 3.76. The molecule has 1 aromatic heterocycles. The average molecular weight is 275 g/mol. The highest BCUT2D eigenvalue weighted by atomic mass is 19.4. The second kappa shape index (κ2) is 5.75. The predicted octanol–water partition coefficient (Wildman–Crippen LogP) is 0.772. The molecule has 1 saturated heterocycles. The lowest BCUT2D eigenvalue weighted by Crippen LogP contribution is -2.45. The highest BCUT2D eigenvalue weighted by Gasteiger charge is 2.34. The molecule has 106 valence electrons. The number of piperazine rings is 1. The largest absolute Gasteiger partial charge is 0.431 e. The van der Waals surface area contributed by atoms with Gasteiger partial charge >= 0.3 is 6.18 Å². The number of nitrogens with zero attached hydrogens (tertiary/aromatic N) is 2. The van der Waals surface area contributed by atoms with E-state index >= 15 is 0 Å². The van der Waals surface area contributed by atoms with Crippen LogP contribution in [0, 0.1) is 0 Å². The molecule has 0 amide bonds. The Bertz CT molecular complexity index is 478. The first kappa shape index (κ1) is 14.1. The van der Waals surface area contributed by atoms with Crippen molar-refractivity contribution in [3.8, 4) is 0 Å². The van der Waals surface area contributed by atoms with Gasteiger partial charge in [-0.25, -0.2) is 0 Å². The van der Waals surface area contributed by atoms with Crippen molar-refractivity contribution >= 4 is 0 Å². The smallest absolute Gasteiger partial charge is 0.314 e. The Balaban J connectivity index is 2.12. The van der Waals surface area contributed by atoms with Gasteiger partial charge in [0.05, 0.1) is 0 Å². The van der Waals surface area contributed by atoms with E-state index in [0.29, 0.717) is 6.54 Å². The zero-order valence-electron chi connectivity index (χ0n) is 10.4. The first-order valence-corrected chi connectivity index (χ1v) is 6.18. The zero-order chi connectivity index (χ0) is 13.9. The topological polar surface area (TPSA) is 37.3 Å². The van der Waals surface area contributed by atoms with E-state index in [0.717, 1.165) is 48.9 Å². The number of hydrogen-bond donors (Lipinski definition) is 1. The first-order valence-electron chi connectivity index (χ1n) is 6.18. The standard InChI is InChI=1S/C12H16F3N3O/c13-12(14,15)10-2-1-3-11(19)18(10)9-8-17-6-4-16-5-7-17/h1-3,16H,4-9H2. The molecule has 0 atom stereocenters. The highest BCUT2D eigenvalue weighted by molar-refractivity contribution is 5.10. The van der Waals surface area contributed by atoms with Gasteiger partial charge in [-0.3, -0.25) is 9.69 Å². The number of aromatic nitrogens is 1. The van der Waals surface area contributed by atoms with Crippen molar-refractivity contribution in [3.63, 3.8) is 0 Å². The van der Waals surface area contributed by atoms with Gasteiger partial charge in [-0.2, -0.15) is 13.2 Å². The van der Waals surface area contributed by atoms with Gasteiger partial charge in [0, 0.05) is 45.3 Å². The fraction of sp³-hybridized carbons (Fsp3) is 0.583. The van der Waals surface area contributed by atoms with Crippen LogP contribution in [0.25, 0.3) is 0 Å². The van der Waals surface area contributed by atoms with E-state index in [9.17, 15) is 18.0 Å². The fourth-order valence-electron chi connectivity index (χ4n) is 2.17. The summed E-state index contributed by atoms with van der Waals surface area (Å²) in [6, 6.07) is 3.25. The summed E-state index contributed by atoms with van der Waals surface area (Å²) < 4.78 is 39.2. The molecule has 19 heavy (non-hydrogen) atoms. The van der Waals surface area contributed by atoms with Crippen LogP contribution in [0.15, 0.2) is 23.0 Å². The molecule has 0 aromatic carbocycles. The Hall–Kier alpha value is -1.34. The van der Waals surface area contributed by atoms with Crippen molar-refractivity contribution in [3.05, 3.63) is 34.2 Å². The van der Waals surface area contributed by atoms with E-state index in [1.54, 1.807) is 0 Å². The molecule has 0 unspecified atom stereocenters. The lowest BCUT2D eigenvalue weighted by molar-refractivity contribution is -0.144. The van der Waals surface area contributed by atoms with Gasteiger partial charge in [0.25, 0.3) is 5.56 Å². The summed E-state index contributed by atoms with van der Waals surface area (Å²) in [5.74, 6) is 0. The molecule has 0 aliphatic carbocycles. The maximum atomic E-state index is 12.8. The number of nitrogens with one attached hydrogen (secondary N) is 1. The number of pyridine rings is 1. The van der Waals surface area contributed by atoms with Crippen molar-refractivity contribution < 1.29 is 13.2 Å². The van der Waals surface area contributed by atoms with Crippen molar-refractivity contribution in [1.82, 2.24) is 14.8 Å². The van der Waals surface area contributed by atoms with Crippen LogP contribution >= 0.6 is 0 Å². The third kappa shape index (κ3) is 3.57. The quantitative estimate of drug-likeness (QED) is 0.885. The first-order chi connectivity index (χ1) is 8.98. The van der Waals surface area contributed by atoms with E-state index in [-0.39, 0.29) is 6.54 Å². The Morgan fingerprint density at radius 2 is 1.84 bits per heavy atom. The molecule has 1 N–H and O–H groups in total. The molecule has 2 heterocycles. The second-order valence-corrected chi connectivity index (χ2v) is 4.49. The fourth-order valence-corrected chi connectivity index (χ4v) is 2.17. The number of rotatable bonds is 3. The van der Waals surface area contributed by atoms with Crippen LogP contribution in [0.5, 0.6) is 0 Å². The molecule has 1 aromatic rings. The lowest BCUT2D eigenvalue weighted by atomic mass is 10.3. The Morgan fingerprint density at radius 3 is 2.47 bits per heavy atom. The molecule has 2 rings (SSSR count). The van der Waals surface area contributed by atoms with Crippen molar-refractivity contribution in [1.29, 1.82) is 0 Å². The average Bonchev–Trinajstić information content (AvgIpc) is 2.37. The van der Waals surface area contributed by atoms with Crippen molar-refractivity contribution in [2.24, 2.45) is 0 Å². The minimum Gasteiger partial charge on any atom is -0.314 e. The maximum Gasteiger partial charge on any atom is 0.431 e. The van der Waals surface area contributed by atoms with E-state index in [1.807, 2.05) is 0 Å². The van der Waals surface area contributed by atoms with E-state index < -0.39 is 17.4 Å².